The van der Waals surface area contributed by atoms with Gasteiger partial charge in [-0.05, 0) is 61.7 Å². The molecule has 0 saturated carbocycles. The van der Waals surface area contributed by atoms with E-state index in [2.05, 4.69) is 32.0 Å². The van der Waals surface area contributed by atoms with Crippen molar-refractivity contribution in [1.29, 1.82) is 0 Å². The van der Waals surface area contributed by atoms with Gasteiger partial charge >= 0.3 is 5.97 Å². The zero-order chi connectivity index (χ0) is 37.2. The van der Waals surface area contributed by atoms with Crippen molar-refractivity contribution in [2.24, 2.45) is 5.92 Å². The van der Waals surface area contributed by atoms with Crippen LogP contribution in [-0.2, 0) is 22.6 Å². The van der Waals surface area contributed by atoms with E-state index in [4.69, 9.17) is 4.74 Å². The number of rotatable bonds is 9. The molecule has 2 saturated heterocycles. The molecule has 276 valence electrons. The maximum Gasteiger partial charge on any atom is 0.356 e. The Hall–Kier alpha value is -5.50. The number of hydrogen-bond donors (Lipinski definition) is 1. The van der Waals surface area contributed by atoms with Crippen LogP contribution in [0.25, 0.3) is 27.3 Å². The van der Waals surface area contributed by atoms with Crippen molar-refractivity contribution in [2.45, 2.75) is 43.9 Å². The Morgan fingerprint density at radius 3 is 2.41 bits per heavy atom. The first kappa shape index (κ1) is 35.5. The number of para-hydroxylation sites is 1. The molecule has 0 spiro atoms. The Bertz CT molecular complexity index is 2320. The summed E-state index contributed by atoms with van der Waals surface area (Å²) >= 11 is 1.59. The molecule has 1 N–H and O–H groups in total. The Balaban J connectivity index is 0.918. The third kappa shape index (κ3) is 7.22. The highest BCUT2D eigenvalue weighted by Crippen LogP contribution is 2.37. The minimum absolute atomic E-state index is 0.00953. The average Bonchev–Trinajstić information content (AvgIpc) is 3.87. The predicted octanol–water partition coefficient (Wildman–Crippen LogP) is 5.15. The summed E-state index contributed by atoms with van der Waals surface area (Å²) in [5, 5.41) is 13.0. The number of nitrogens with zero attached hydrogens (tertiary/aromatic N) is 7. The summed E-state index contributed by atoms with van der Waals surface area (Å²) in [6, 6.07) is 25.2. The van der Waals surface area contributed by atoms with Crippen LogP contribution in [0.15, 0.2) is 109 Å². The molecule has 6 heterocycles. The topological polar surface area (TPSA) is 136 Å². The minimum Gasteiger partial charge on any atom is -0.464 e. The summed E-state index contributed by atoms with van der Waals surface area (Å²) in [6.45, 7) is 3.17. The number of esters is 1. The number of piperidine rings is 2. The van der Waals surface area contributed by atoms with E-state index in [1.165, 1.54) is 18.0 Å². The maximum atomic E-state index is 14.3. The van der Waals surface area contributed by atoms with E-state index in [0.717, 1.165) is 39.8 Å². The number of ether oxygens (including phenoxy) is 1. The number of likely N-dealkylation sites (tertiary alicyclic amines) is 2. The molecular formula is C41H41N7O5S. The van der Waals surface area contributed by atoms with Crippen LogP contribution in [0.4, 0.5) is 0 Å². The van der Waals surface area contributed by atoms with Crippen LogP contribution in [0, 0.1) is 5.92 Å². The summed E-state index contributed by atoms with van der Waals surface area (Å²) in [4.78, 5) is 58.4. The van der Waals surface area contributed by atoms with Crippen molar-refractivity contribution in [3.63, 3.8) is 0 Å². The fraction of sp³-hybridized carbons (Fsp3) is 0.317. The lowest BCUT2D eigenvalue weighted by Crippen LogP contribution is -2.53. The average molecular weight is 744 g/mol. The second kappa shape index (κ2) is 15.1. The quantitative estimate of drug-likeness (QED) is 0.200. The Kier molecular flexibility index (Phi) is 9.93. The van der Waals surface area contributed by atoms with Crippen LogP contribution in [0.1, 0.15) is 46.1 Å². The van der Waals surface area contributed by atoms with Gasteiger partial charge in [0.05, 0.1) is 24.6 Å². The summed E-state index contributed by atoms with van der Waals surface area (Å²) < 4.78 is 8.14. The van der Waals surface area contributed by atoms with Gasteiger partial charge in [-0.25, -0.2) is 19.7 Å². The number of methoxy groups -OCH3 is 1. The van der Waals surface area contributed by atoms with Crippen molar-refractivity contribution in [1.82, 2.24) is 33.9 Å². The monoisotopic (exact) mass is 743 g/mol. The summed E-state index contributed by atoms with van der Waals surface area (Å²) in [5.74, 6) is -0.533. The maximum absolute atomic E-state index is 14.3. The van der Waals surface area contributed by atoms with Crippen molar-refractivity contribution in [3.8, 4) is 16.3 Å². The van der Waals surface area contributed by atoms with Crippen LogP contribution in [-0.4, -0.2) is 89.8 Å². The van der Waals surface area contributed by atoms with Gasteiger partial charge < -0.3 is 19.3 Å². The van der Waals surface area contributed by atoms with Crippen molar-refractivity contribution >= 4 is 34.2 Å². The second-order valence-electron chi connectivity index (χ2n) is 14.2. The Labute approximate surface area is 316 Å². The Morgan fingerprint density at radius 1 is 0.926 bits per heavy atom. The van der Waals surface area contributed by atoms with Crippen LogP contribution >= 0.6 is 11.3 Å². The normalized spacial score (nSPS) is 18.8. The SMILES string of the molecule is COC(=O)c1ccc(-c2ncc(CN3CC[C@@H](C(=O)N4CCC(O)(Cn5cnc6c(ccn6-c6ccccc6)c5=O)CC4)[C@H](c4ccccc4)C3)s2)cn1. The second-order valence-corrected chi connectivity index (χ2v) is 15.3. The number of carbonyl (C=O) groups excluding carboxylic acids is 2. The predicted molar refractivity (Wildman–Crippen MR) is 205 cm³/mol. The van der Waals surface area contributed by atoms with E-state index in [0.29, 0.717) is 49.9 Å². The largest absolute Gasteiger partial charge is 0.464 e. The molecule has 2 aliphatic heterocycles. The molecule has 2 fully saturated rings. The van der Waals surface area contributed by atoms with Gasteiger partial charge in [0.2, 0.25) is 5.91 Å². The summed E-state index contributed by atoms with van der Waals surface area (Å²) in [6.07, 6.45) is 8.35. The number of pyridine rings is 1. The molecule has 12 nitrogen and oxygen atoms in total. The van der Waals surface area contributed by atoms with Gasteiger partial charge in [-0.2, -0.15) is 0 Å². The van der Waals surface area contributed by atoms with E-state index in [-0.39, 0.29) is 35.5 Å². The third-order valence-electron chi connectivity index (χ3n) is 10.8. The molecule has 2 aromatic carbocycles. The number of hydrogen-bond acceptors (Lipinski definition) is 10. The number of thiazole rings is 1. The molecule has 54 heavy (non-hydrogen) atoms. The van der Waals surface area contributed by atoms with Gasteiger partial charge in [0.25, 0.3) is 5.56 Å². The minimum atomic E-state index is -1.13. The Morgan fingerprint density at radius 2 is 1.69 bits per heavy atom. The van der Waals surface area contributed by atoms with Crippen molar-refractivity contribution in [3.05, 3.63) is 130 Å². The first-order valence-electron chi connectivity index (χ1n) is 18.2. The highest BCUT2D eigenvalue weighted by molar-refractivity contribution is 7.15. The van der Waals surface area contributed by atoms with E-state index in [1.807, 2.05) is 76.5 Å². The van der Waals surface area contributed by atoms with Crippen LogP contribution < -0.4 is 5.56 Å². The number of amides is 1. The molecule has 2 aliphatic rings. The molecule has 1 amide bonds. The molecule has 0 bridgehead atoms. The van der Waals surface area contributed by atoms with Crippen LogP contribution in [0.5, 0.6) is 0 Å². The molecule has 0 aliphatic carbocycles. The van der Waals surface area contributed by atoms with Gasteiger partial charge in [-0.3, -0.25) is 19.1 Å². The number of aliphatic hydroxyl groups is 1. The van der Waals surface area contributed by atoms with Gasteiger partial charge in [0.1, 0.15) is 17.0 Å². The lowest BCUT2D eigenvalue weighted by Gasteiger charge is -2.43. The standard InChI is InChI=1S/C41H41N7O5S/c1-53-40(51)35-13-12-29(22-42-35)37-43-23-31(54-37)24-45-18-14-32(34(25-45)28-8-4-2-5-9-28)38(49)46-20-16-41(52,17-21-46)26-47-27-44-36-33(39(47)50)15-19-48(36)30-10-6-3-7-11-30/h2-13,15,19,22-23,27,32,34,52H,14,16-18,20-21,24-26H2,1H3/t32-,34+/m1/s1. The van der Waals surface area contributed by atoms with Crippen molar-refractivity contribution < 1.29 is 19.4 Å². The number of benzene rings is 2. The fourth-order valence-electron chi connectivity index (χ4n) is 7.79. The van der Waals surface area contributed by atoms with Crippen LogP contribution in [0.2, 0.25) is 0 Å². The van der Waals surface area contributed by atoms with E-state index < -0.39 is 11.6 Å². The van der Waals surface area contributed by atoms with Crippen LogP contribution in [0.3, 0.4) is 0 Å². The molecule has 0 radical (unpaired) electrons. The third-order valence-corrected chi connectivity index (χ3v) is 11.8. The molecule has 8 rings (SSSR count). The lowest BCUT2D eigenvalue weighted by atomic mass is 9.79. The first-order valence-corrected chi connectivity index (χ1v) is 19.0. The molecule has 0 unspecified atom stereocenters. The van der Waals surface area contributed by atoms with E-state index >= 15 is 0 Å². The zero-order valence-corrected chi connectivity index (χ0v) is 30.8. The number of carbonyl (C=O) groups is 2. The van der Waals surface area contributed by atoms with E-state index in [9.17, 15) is 19.5 Å². The van der Waals surface area contributed by atoms with Gasteiger partial charge in [0.15, 0.2) is 5.65 Å². The molecule has 4 aromatic heterocycles. The van der Waals surface area contributed by atoms with Gasteiger partial charge in [0, 0.05) is 72.7 Å². The molecule has 6 aromatic rings. The first-order chi connectivity index (χ1) is 26.3. The van der Waals surface area contributed by atoms with Gasteiger partial charge in [-0.15, -0.1) is 11.3 Å². The smallest absolute Gasteiger partial charge is 0.356 e. The highest BCUT2D eigenvalue weighted by atomic mass is 32.1. The van der Waals surface area contributed by atoms with Gasteiger partial charge in [-0.1, -0.05) is 48.5 Å². The molecular weight excluding hydrogens is 703 g/mol. The van der Waals surface area contributed by atoms with E-state index in [1.54, 1.807) is 29.7 Å². The number of aromatic nitrogens is 5. The molecule has 2 atom stereocenters. The fourth-order valence-corrected chi connectivity index (χ4v) is 8.74. The number of fused-ring (bicyclic) bond motifs is 1. The lowest BCUT2D eigenvalue weighted by molar-refractivity contribution is -0.142. The zero-order valence-electron chi connectivity index (χ0n) is 30.0. The molecule has 13 heteroatoms. The summed E-state index contributed by atoms with van der Waals surface area (Å²) in [5.41, 5.74) is 2.39. The summed E-state index contributed by atoms with van der Waals surface area (Å²) in [7, 11) is 1.33. The van der Waals surface area contributed by atoms with Crippen molar-refractivity contribution in [2.75, 3.05) is 33.3 Å². The highest BCUT2D eigenvalue weighted by Gasteiger charge is 2.41.